The van der Waals surface area contributed by atoms with Crippen molar-refractivity contribution in [1.29, 1.82) is 0 Å². The molecule has 3 N–H and O–H groups in total. The van der Waals surface area contributed by atoms with Gasteiger partial charge in [0.2, 0.25) is 5.91 Å². The Bertz CT molecular complexity index is 1060. The summed E-state index contributed by atoms with van der Waals surface area (Å²) < 4.78 is 10.6. The van der Waals surface area contributed by atoms with Gasteiger partial charge >= 0.3 is 12.1 Å². The molecule has 2 aromatic rings. The van der Waals surface area contributed by atoms with Crippen LogP contribution in [0.15, 0.2) is 60.7 Å². The van der Waals surface area contributed by atoms with Crippen LogP contribution in [-0.2, 0) is 32.1 Å². The molecule has 2 aromatic carbocycles. The van der Waals surface area contributed by atoms with Gasteiger partial charge in [-0.05, 0) is 17.0 Å². The quantitative estimate of drug-likeness (QED) is 0.439. The standard InChI is InChI=1S/C28H36N4O6/c1-3-20(2)24(30-28(36)38-19-22-12-8-5-9-13-22)26(34)29-23(18-21-10-6-4-7-11-21)25(33)31-27(35)32-14-16-37-17-15-32/h4-13,20,23-24H,3,14-19H2,1-2H3,(H,29,34)(H,30,36)(H,31,33,35)/t20-,23-,24-/m0/s1. The van der Waals surface area contributed by atoms with Gasteiger partial charge < -0.3 is 25.0 Å². The number of nitrogens with one attached hydrogen (secondary N) is 3. The molecule has 38 heavy (non-hydrogen) atoms. The van der Waals surface area contributed by atoms with Gasteiger partial charge in [-0.15, -0.1) is 0 Å². The number of hydrogen-bond donors (Lipinski definition) is 3. The summed E-state index contributed by atoms with van der Waals surface area (Å²) in [5.74, 6) is -1.41. The van der Waals surface area contributed by atoms with E-state index in [1.54, 1.807) is 0 Å². The zero-order valence-corrected chi connectivity index (χ0v) is 21.9. The minimum atomic E-state index is -1.04. The second-order valence-corrected chi connectivity index (χ2v) is 9.21. The van der Waals surface area contributed by atoms with E-state index >= 15 is 0 Å². The summed E-state index contributed by atoms with van der Waals surface area (Å²) in [6.45, 7) is 5.33. The van der Waals surface area contributed by atoms with Crippen molar-refractivity contribution in [3.05, 3.63) is 71.8 Å². The summed E-state index contributed by atoms with van der Waals surface area (Å²) in [5, 5.41) is 7.80. The van der Waals surface area contributed by atoms with E-state index in [4.69, 9.17) is 9.47 Å². The van der Waals surface area contributed by atoms with Crippen molar-refractivity contribution in [2.75, 3.05) is 26.3 Å². The molecule has 5 amide bonds. The van der Waals surface area contributed by atoms with Gasteiger partial charge in [-0.25, -0.2) is 9.59 Å². The molecule has 3 atom stereocenters. The fourth-order valence-electron chi connectivity index (χ4n) is 3.95. The Balaban J connectivity index is 1.68. The second-order valence-electron chi connectivity index (χ2n) is 9.21. The average Bonchev–Trinajstić information content (AvgIpc) is 2.95. The number of carbonyl (C=O) groups is 4. The average molecular weight is 525 g/mol. The summed E-state index contributed by atoms with van der Waals surface area (Å²) in [6, 6.07) is 15.9. The minimum absolute atomic E-state index is 0.0597. The first kappa shape index (κ1) is 28.6. The van der Waals surface area contributed by atoms with Gasteiger partial charge in [-0.2, -0.15) is 0 Å². The normalized spacial score (nSPS) is 15.5. The number of urea groups is 1. The molecule has 1 aliphatic rings. The van der Waals surface area contributed by atoms with E-state index in [0.29, 0.717) is 32.7 Å². The predicted octanol–water partition coefficient (Wildman–Crippen LogP) is 2.62. The molecule has 0 aromatic heterocycles. The van der Waals surface area contributed by atoms with Gasteiger partial charge in [-0.1, -0.05) is 80.9 Å². The lowest BCUT2D eigenvalue weighted by molar-refractivity contribution is -0.130. The lowest BCUT2D eigenvalue weighted by Gasteiger charge is -2.28. The number of ether oxygens (including phenoxy) is 2. The highest BCUT2D eigenvalue weighted by Crippen LogP contribution is 2.11. The molecule has 0 unspecified atom stereocenters. The van der Waals surface area contributed by atoms with E-state index in [1.165, 1.54) is 4.90 Å². The molecule has 1 heterocycles. The van der Waals surface area contributed by atoms with Gasteiger partial charge in [0.15, 0.2) is 0 Å². The number of rotatable bonds is 10. The maximum Gasteiger partial charge on any atom is 0.408 e. The molecular formula is C28H36N4O6. The number of alkyl carbamates (subject to hydrolysis) is 1. The van der Waals surface area contributed by atoms with Gasteiger partial charge in [-0.3, -0.25) is 14.9 Å². The molecule has 1 fully saturated rings. The van der Waals surface area contributed by atoms with E-state index in [1.807, 2.05) is 74.5 Å². The maximum absolute atomic E-state index is 13.4. The van der Waals surface area contributed by atoms with Crippen molar-refractivity contribution in [1.82, 2.24) is 20.9 Å². The van der Waals surface area contributed by atoms with Crippen molar-refractivity contribution < 1.29 is 28.7 Å². The zero-order chi connectivity index (χ0) is 27.3. The topological polar surface area (TPSA) is 126 Å². The SMILES string of the molecule is CC[C@H](C)[C@H](NC(=O)OCc1ccccc1)C(=O)N[C@@H](Cc1ccccc1)C(=O)NC(=O)N1CCOCC1. The number of morpholine rings is 1. The summed E-state index contributed by atoms with van der Waals surface area (Å²) in [5.41, 5.74) is 1.62. The Labute approximate surface area is 223 Å². The smallest absolute Gasteiger partial charge is 0.408 e. The third-order valence-electron chi connectivity index (χ3n) is 6.43. The van der Waals surface area contributed by atoms with Crippen LogP contribution in [0, 0.1) is 5.92 Å². The highest BCUT2D eigenvalue weighted by atomic mass is 16.5. The first-order valence-corrected chi connectivity index (χ1v) is 12.9. The van der Waals surface area contributed by atoms with E-state index in [0.717, 1.165) is 11.1 Å². The van der Waals surface area contributed by atoms with Gasteiger partial charge in [0.25, 0.3) is 5.91 Å². The Hall–Kier alpha value is -3.92. The van der Waals surface area contributed by atoms with Crippen molar-refractivity contribution in [2.45, 2.75) is 45.4 Å². The van der Waals surface area contributed by atoms with Crippen LogP contribution in [0.3, 0.4) is 0 Å². The van der Waals surface area contributed by atoms with Crippen LogP contribution >= 0.6 is 0 Å². The lowest BCUT2D eigenvalue weighted by atomic mass is 9.97. The highest BCUT2D eigenvalue weighted by molar-refractivity contribution is 5.99. The molecule has 0 radical (unpaired) electrons. The van der Waals surface area contributed by atoms with Crippen LogP contribution < -0.4 is 16.0 Å². The van der Waals surface area contributed by atoms with Gasteiger partial charge in [0.05, 0.1) is 13.2 Å². The van der Waals surface area contributed by atoms with E-state index in [9.17, 15) is 19.2 Å². The summed E-state index contributed by atoms with van der Waals surface area (Å²) in [6.07, 6.45) is 0.0312. The van der Waals surface area contributed by atoms with Crippen LogP contribution in [0.1, 0.15) is 31.4 Å². The number of nitrogens with zero attached hydrogens (tertiary/aromatic N) is 1. The van der Waals surface area contributed by atoms with Crippen LogP contribution in [0.25, 0.3) is 0 Å². The second kappa shape index (κ2) is 14.7. The fourth-order valence-corrected chi connectivity index (χ4v) is 3.95. The van der Waals surface area contributed by atoms with E-state index < -0.39 is 36.0 Å². The zero-order valence-electron chi connectivity index (χ0n) is 21.9. The lowest BCUT2D eigenvalue weighted by Crippen LogP contribution is -2.58. The van der Waals surface area contributed by atoms with Crippen LogP contribution in [0.5, 0.6) is 0 Å². The Morgan fingerprint density at radius 2 is 1.50 bits per heavy atom. The van der Waals surface area contributed by atoms with Gasteiger partial charge in [0.1, 0.15) is 18.7 Å². The summed E-state index contributed by atoms with van der Waals surface area (Å²) in [4.78, 5) is 53.2. The van der Waals surface area contributed by atoms with Crippen LogP contribution in [0.4, 0.5) is 9.59 Å². The molecule has 0 spiro atoms. The molecule has 0 aliphatic carbocycles. The first-order chi connectivity index (χ1) is 18.4. The molecule has 1 saturated heterocycles. The molecule has 0 bridgehead atoms. The monoisotopic (exact) mass is 524 g/mol. The largest absolute Gasteiger partial charge is 0.445 e. The van der Waals surface area contributed by atoms with E-state index in [2.05, 4.69) is 16.0 Å². The van der Waals surface area contributed by atoms with Crippen molar-refractivity contribution in [2.24, 2.45) is 5.92 Å². The van der Waals surface area contributed by atoms with Crippen LogP contribution in [-0.4, -0.2) is 67.2 Å². The molecule has 10 heteroatoms. The van der Waals surface area contributed by atoms with Crippen molar-refractivity contribution in [3.8, 4) is 0 Å². The van der Waals surface area contributed by atoms with Crippen molar-refractivity contribution in [3.63, 3.8) is 0 Å². The Morgan fingerprint density at radius 1 is 0.895 bits per heavy atom. The van der Waals surface area contributed by atoms with E-state index in [-0.39, 0.29) is 18.9 Å². The Kier molecular flexibility index (Phi) is 11.1. The molecule has 10 nitrogen and oxygen atoms in total. The highest BCUT2D eigenvalue weighted by Gasteiger charge is 2.31. The number of benzene rings is 2. The molecule has 0 saturated carbocycles. The first-order valence-electron chi connectivity index (χ1n) is 12.9. The minimum Gasteiger partial charge on any atom is -0.445 e. The van der Waals surface area contributed by atoms with Crippen LogP contribution in [0.2, 0.25) is 0 Å². The molecule has 204 valence electrons. The predicted molar refractivity (Wildman–Crippen MR) is 141 cm³/mol. The molecule has 1 aliphatic heterocycles. The maximum atomic E-state index is 13.4. The third-order valence-corrected chi connectivity index (χ3v) is 6.43. The fraction of sp³-hybridized carbons (Fsp3) is 0.429. The number of carbonyl (C=O) groups excluding carboxylic acids is 4. The Morgan fingerprint density at radius 3 is 2.11 bits per heavy atom. The van der Waals surface area contributed by atoms with Crippen molar-refractivity contribution >= 4 is 23.9 Å². The number of imide groups is 1. The summed E-state index contributed by atoms with van der Waals surface area (Å²) in [7, 11) is 0. The third kappa shape index (κ3) is 8.88. The number of hydrogen-bond acceptors (Lipinski definition) is 6. The molecule has 3 rings (SSSR count). The van der Waals surface area contributed by atoms with Gasteiger partial charge in [0, 0.05) is 19.5 Å². The molecular weight excluding hydrogens is 488 g/mol. The number of amides is 5. The summed E-state index contributed by atoms with van der Waals surface area (Å²) >= 11 is 0.